The first-order valence-corrected chi connectivity index (χ1v) is 8.70. The number of methoxy groups -OCH3 is 2. The van der Waals surface area contributed by atoms with Crippen LogP contribution in [-0.4, -0.2) is 32.6 Å². The molecule has 1 amide bonds. The van der Waals surface area contributed by atoms with Crippen LogP contribution in [0.5, 0.6) is 5.75 Å². The van der Waals surface area contributed by atoms with Gasteiger partial charge in [-0.3, -0.25) is 10.2 Å². The zero-order chi connectivity index (χ0) is 19.2. The zero-order valence-corrected chi connectivity index (χ0v) is 15.3. The van der Waals surface area contributed by atoms with E-state index >= 15 is 0 Å². The molecule has 7 heteroatoms. The number of esters is 1. The number of rotatable bonds is 6. The molecule has 0 saturated carbocycles. The first-order valence-electron chi connectivity index (χ1n) is 8.70. The van der Waals surface area contributed by atoms with E-state index in [9.17, 15) is 9.59 Å². The van der Waals surface area contributed by atoms with Crippen LogP contribution in [0.25, 0.3) is 0 Å². The lowest BCUT2D eigenvalue weighted by Gasteiger charge is -2.18. The highest BCUT2D eigenvalue weighted by atomic mass is 16.5. The predicted molar refractivity (Wildman–Crippen MR) is 100.0 cm³/mol. The molecule has 7 nitrogen and oxygen atoms in total. The molecule has 2 aromatic carbocycles. The average Bonchev–Trinajstić information content (AvgIpc) is 3.22. The van der Waals surface area contributed by atoms with Crippen LogP contribution in [0, 0.1) is 5.92 Å². The van der Waals surface area contributed by atoms with Crippen molar-refractivity contribution < 1.29 is 19.1 Å². The molecule has 1 fully saturated rings. The van der Waals surface area contributed by atoms with Crippen molar-refractivity contribution in [3.8, 4) is 5.75 Å². The van der Waals surface area contributed by atoms with E-state index in [4.69, 9.17) is 9.47 Å². The summed E-state index contributed by atoms with van der Waals surface area (Å²) in [7, 11) is 2.81. The first kappa shape index (κ1) is 18.9. The number of carbonyl (C=O) groups is 2. The van der Waals surface area contributed by atoms with Crippen LogP contribution in [0.15, 0.2) is 48.5 Å². The average molecular weight is 369 g/mol. The third-order valence-electron chi connectivity index (χ3n) is 4.61. The molecule has 1 aliphatic heterocycles. The molecule has 0 bridgehead atoms. The summed E-state index contributed by atoms with van der Waals surface area (Å²) in [5.74, 6) is -0.332. The largest absolute Gasteiger partial charge is 0.496 e. The van der Waals surface area contributed by atoms with Gasteiger partial charge in [0.15, 0.2) is 0 Å². The Morgan fingerprint density at radius 1 is 1.15 bits per heavy atom. The zero-order valence-electron chi connectivity index (χ0n) is 15.3. The number of benzene rings is 2. The second-order valence-corrected chi connectivity index (χ2v) is 6.26. The van der Waals surface area contributed by atoms with Crippen molar-refractivity contribution in [3.05, 3.63) is 65.2 Å². The lowest BCUT2D eigenvalue weighted by atomic mass is 9.94. The van der Waals surface area contributed by atoms with E-state index < -0.39 is 5.97 Å². The van der Waals surface area contributed by atoms with Crippen LogP contribution in [0.3, 0.4) is 0 Å². The summed E-state index contributed by atoms with van der Waals surface area (Å²) < 4.78 is 9.97. The maximum absolute atomic E-state index is 12.7. The molecular weight excluding hydrogens is 346 g/mol. The van der Waals surface area contributed by atoms with Gasteiger partial charge in [0.25, 0.3) is 0 Å². The van der Waals surface area contributed by atoms with Gasteiger partial charge in [-0.2, -0.15) is 0 Å². The van der Waals surface area contributed by atoms with Gasteiger partial charge in [0.05, 0.1) is 26.2 Å². The highest BCUT2D eigenvalue weighted by Gasteiger charge is 2.33. The lowest BCUT2D eigenvalue weighted by Crippen LogP contribution is -2.34. The van der Waals surface area contributed by atoms with Crippen molar-refractivity contribution in [1.82, 2.24) is 16.2 Å². The Morgan fingerprint density at radius 2 is 1.93 bits per heavy atom. The summed E-state index contributed by atoms with van der Waals surface area (Å²) in [4.78, 5) is 24.6. The van der Waals surface area contributed by atoms with E-state index in [1.165, 1.54) is 14.2 Å². The summed E-state index contributed by atoms with van der Waals surface area (Å²) in [5, 5.41) is 2.95. The predicted octanol–water partition coefficient (Wildman–Crippen LogP) is 1.56. The van der Waals surface area contributed by atoms with Crippen LogP contribution in [0.1, 0.15) is 27.5 Å². The topological polar surface area (TPSA) is 88.7 Å². The summed E-state index contributed by atoms with van der Waals surface area (Å²) in [6, 6.07) is 14.9. The van der Waals surface area contributed by atoms with Crippen molar-refractivity contribution >= 4 is 11.9 Å². The van der Waals surface area contributed by atoms with Gasteiger partial charge in [-0.05, 0) is 23.3 Å². The SMILES string of the molecule is COC(=O)c1cc(CNC(=O)C2CNNC2c2ccccc2)ccc1OC. The third kappa shape index (κ3) is 4.27. The second-order valence-electron chi connectivity index (χ2n) is 6.26. The van der Waals surface area contributed by atoms with Gasteiger partial charge < -0.3 is 14.8 Å². The van der Waals surface area contributed by atoms with Gasteiger partial charge in [-0.1, -0.05) is 36.4 Å². The first-order chi connectivity index (χ1) is 13.1. The molecular formula is C20H23N3O4. The normalized spacial score (nSPS) is 18.7. The van der Waals surface area contributed by atoms with Gasteiger partial charge in [0, 0.05) is 13.1 Å². The minimum atomic E-state index is -0.478. The lowest BCUT2D eigenvalue weighted by molar-refractivity contribution is -0.125. The van der Waals surface area contributed by atoms with Crippen molar-refractivity contribution in [2.75, 3.05) is 20.8 Å². The molecule has 142 valence electrons. The Kier molecular flexibility index (Phi) is 6.05. The number of hydrogen-bond donors (Lipinski definition) is 3. The smallest absolute Gasteiger partial charge is 0.341 e. The Bertz CT molecular complexity index is 810. The number of nitrogens with one attached hydrogen (secondary N) is 3. The van der Waals surface area contributed by atoms with Gasteiger partial charge in [-0.15, -0.1) is 0 Å². The number of hydrogen-bond acceptors (Lipinski definition) is 6. The van der Waals surface area contributed by atoms with E-state index in [-0.39, 0.29) is 17.9 Å². The molecule has 3 N–H and O–H groups in total. The minimum Gasteiger partial charge on any atom is -0.496 e. The second kappa shape index (κ2) is 8.66. The maximum Gasteiger partial charge on any atom is 0.341 e. The Balaban J connectivity index is 1.67. The number of carbonyl (C=O) groups excluding carboxylic acids is 2. The molecule has 0 spiro atoms. The highest BCUT2D eigenvalue weighted by Crippen LogP contribution is 2.25. The van der Waals surface area contributed by atoms with Crippen LogP contribution in [-0.2, 0) is 16.1 Å². The fourth-order valence-corrected chi connectivity index (χ4v) is 3.17. The molecule has 1 aliphatic rings. The summed E-state index contributed by atoms with van der Waals surface area (Å²) in [6.07, 6.45) is 0. The number of amides is 1. The quantitative estimate of drug-likeness (QED) is 0.670. The molecule has 3 rings (SSSR count). The van der Waals surface area contributed by atoms with Crippen LogP contribution in [0.4, 0.5) is 0 Å². The van der Waals surface area contributed by atoms with Crippen molar-refractivity contribution in [3.63, 3.8) is 0 Å². The number of ether oxygens (including phenoxy) is 2. The third-order valence-corrected chi connectivity index (χ3v) is 4.61. The Hall–Kier alpha value is -2.90. The monoisotopic (exact) mass is 369 g/mol. The maximum atomic E-state index is 12.7. The fraction of sp³-hybridized carbons (Fsp3) is 0.300. The molecule has 2 atom stereocenters. The Labute approximate surface area is 158 Å². The van der Waals surface area contributed by atoms with E-state index in [0.29, 0.717) is 24.4 Å². The van der Waals surface area contributed by atoms with Crippen molar-refractivity contribution in [2.45, 2.75) is 12.6 Å². The molecule has 0 aromatic heterocycles. The van der Waals surface area contributed by atoms with Gasteiger partial charge in [-0.25, -0.2) is 10.2 Å². The van der Waals surface area contributed by atoms with Crippen LogP contribution in [0.2, 0.25) is 0 Å². The molecule has 27 heavy (non-hydrogen) atoms. The van der Waals surface area contributed by atoms with Gasteiger partial charge >= 0.3 is 5.97 Å². The van der Waals surface area contributed by atoms with E-state index in [1.54, 1.807) is 12.1 Å². The molecule has 2 unspecified atom stereocenters. The van der Waals surface area contributed by atoms with E-state index in [2.05, 4.69) is 16.2 Å². The van der Waals surface area contributed by atoms with Crippen LogP contribution < -0.4 is 20.9 Å². The Morgan fingerprint density at radius 3 is 2.63 bits per heavy atom. The van der Waals surface area contributed by atoms with E-state index in [1.807, 2.05) is 36.4 Å². The molecule has 2 aromatic rings. The molecule has 1 saturated heterocycles. The fourth-order valence-electron chi connectivity index (χ4n) is 3.17. The molecule has 0 aliphatic carbocycles. The molecule has 1 heterocycles. The van der Waals surface area contributed by atoms with Crippen molar-refractivity contribution in [1.29, 1.82) is 0 Å². The standard InChI is InChI=1S/C20H23N3O4/c1-26-17-9-8-13(10-15(17)20(25)27-2)11-21-19(24)16-12-22-23-18(16)14-6-4-3-5-7-14/h3-10,16,18,22-23H,11-12H2,1-2H3,(H,21,24). The molecule has 0 radical (unpaired) electrons. The minimum absolute atomic E-state index is 0.0585. The van der Waals surface area contributed by atoms with Gasteiger partial charge in [0.2, 0.25) is 5.91 Å². The van der Waals surface area contributed by atoms with Crippen LogP contribution >= 0.6 is 0 Å². The van der Waals surface area contributed by atoms with Gasteiger partial charge in [0.1, 0.15) is 11.3 Å². The highest BCUT2D eigenvalue weighted by molar-refractivity contribution is 5.92. The van der Waals surface area contributed by atoms with Crippen molar-refractivity contribution in [2.24, 2.45) is 5.92 Å². The summed E-state index contributed by atoms with van der Waals surface area (Å²) in [6.45, 7) is 0.853. The van der Waals surface area contributed by atoms with E-state index in [0.717, 1.165) is 11.1 Å². The number of hydrazine groups is 1. The summed E-state index contributed by atoms with van der Waals surface area (Å²) in [5.41, 5.74) is 8.40. The summed E-state index contributed by atoms with van der Waals surface area (Å²) >= 11 is 0.